The maximum Gasteiger partial charge on any atom is 0.234 e. The smallest absolute Gasteiger partial charge is 0.234 e. The quantitative estimate of drug-likeness (QED) is 0.767. The lowest BCUT2D eigenvalue weighted by Crippen LogP contribution is -2.23. The third-order valence-corrected chi connectivity index (χ3v) is 5.94. The molecule has 1 aliphatic carbocycles. The van der Waals surface area contributed by atoms with E-state index in [9.17, 15) is 9.59 Å². The lowest BCUT2D eigenvalue weighted by atomic mass is 10.2. The molecule has 1 saturated carbocycles. The van der Waals surface area contributed by atoms with Gasteiger partial charge in [-0.05, 0) is 54.0 Å². The fourth-order valence-corrected chi connectivity index (χ4v) is 4.38. The van der Waals surface area contributed by atoms with E-state index in [0.717, 1.165) is 31.5 Å². The molecular weight excluding hydrogens is 364 g/mol. The number of benzene rings is 1. The molecule has 1 saturated heterocycles. The topological polar surface area (TPSA) is 93.0 Å². The molecule has 1 aromatic heterocycles. The minimum absolute atomic E-state index is 0.106. The lowest BCUT2D eigenvalue weighted by Gasteiger charge is -2.16. The summed E-state index contributed by atoms with van der Waals surface area (Å²) < 4.78 is 1.85. The Morgan fingerprint density at radius 2 is 1.96 bits per heavy atom. The Morgan fingerprint density at radius 1 is 1.19 bits per heavy atom. The van der Waals surface area contributed by atoms with Crippen LogP contribution < -0.4 is 10.2 Å². The van der Waals surface area contributed by atoms with Gasteiger partial charge in [0.2, 0.25) is 17.0 Å². The minimum Gasteiger partial charge on any atom is -0.325 e. The molecule has 8 nitrogen and oxygen atoms in total. The van der Waals surface area contributed by atoms with Gasteiger partial charge < -0.3 is 10.2 Å². The summed E-state index contributed by atoms with van der Waals surface area (Å²) in [5.74, 6) is 0.300. The number of aromatic nitrogens is 4. The van der Waals surface area contributed by atoms with Crippen LogP contribution in [-0.4, -0.2) is 44.3 Å². The summed E-state index contributed by atoms with van der Waals surface area (Å²) in [6, 6.07) is 7.74. The molecule has 2 aliphatic rings. The van der Waals surface area contributed by atoms with Crippen molar-refractivity contribution >= 4 is 35.0 Å². The van der Waals surface area contributed by atoms with Crippen molar-refractivity contribution in [2.24, 2.45) is 0 Å². The number of carbonyl (C=O) groups is 2. The molecular formula is C18H22N6O2S. The van der Waals surface area contributed by atoms with E-state index >= 15 is 0 Å². The summed E-state index contributed by atoms with van der Waals surface area (Å²) in [6.45, 7) is 0.761. The highest BCUT2D eigenvalue weighted by Crippen LogP contribution is 2.31. The molecule has 142 valence electrons. The maximum atomic E-state index is 12.3. The van der Waals surface area contributed by atoms with Crippen molar-refractivity contribution in [3.8, 4) is 0 Å². The van der Waals surface area contributed by atoms with Crippen LogP contribution in [0.25, 0.3) is 0 Å². The zero-order valence-electron chi connectivity index (χ0n) is 15.0. The number of nitrogens with one attached hydrogen (secondary N) is 1. The van der Waals surface area contributed by atoms with Crippen molar-refractivity contribution < 1.29 is 9.59 Å². The van der Waals surface area contributed by atoms with E-state index in [4.69, 9.17) is 0 Å². The SMILES string of the molecule is O=C(CSc1nnnn1C1CCCC1)Nc1ccc(N2CCCC2=O)cc1. The van der Waals surface area contributed by atoms with E-state index < -0.39 is 0 Å². The largest absolute Gasteiger partial charge is 0.325 e. The number of amides is 2. The van der Waals surface area contributed by atoms with Gasteiger partial charge in [0.15, 0.2) is 0 Å². The van der Waals surface area contributed by atoms with Crippen molar-refractivity contribution in [3.05, 3.63) is 24.3 Å². The maximum absolute atomic E-state index is 12.3. The first-order valence-electron chi connectivity index (χ1n) is 9.31. The molecule has 2 heterocycles. The molecule has 2 fully saturated rings. The predicted octanol–water partition coefficient (Wildman–Crippen LogP) is 2.65. The Labute approximate surface area is 161 Å². The van der Waals surface area contributed by atoms with Gasteiger partial charge >= 0.3 is 0 Å². The Bertz CT molecular complexity index is 816. The van der Waals surface area contributed by atoms with E-state index in [2.05, 4.69) is 20.8 Å². The van der Waals surface area contributed by atoms with Gasteiger partial charge in [-0.15, -0.1) is 5.10 Å². The van der Waals surface area contributed by atoms with Crippen molar-refractivity contribution in [3.63, 3.8) is 0 Å². The zero-order chi connectivity index (χ0) is 18.6. The number of anilines is 2. The number of thioether (sulfide) groups is 1. The van der Waals surface area contributed by atoms with Crippen molar-refractivity contribution in [2.75, 3.05) is 22.5 Å². The van der Waals surface area contributed by atoms with E-state index in [1.54, 1.807) is 4.90 Å². The van der Waals surface area contributed by atoms with E-state index in [1.807, 2.05) is 28.9 Å². The Kier molecular flexibility index (Phi) is 5.38. The Balaban J connectivity index is 1.31. The van der Waals surface area contributed by atoms with Gasteiger partial charge in [-0.3, -0.25) is 9.59 Å². The number of nitrogens with zero attached hydrogens (tertiary/aromatic N) is 5. The Hall–Kier alpha value is -2.42. The summed E-state index contributed by atoms with van der Waals surface area (Å²) in [5, 5.41) is 15.5. The first-order valence-corrected chi connectivity index (χ1v) is 10.3. The van der Waals surface area contributed by atoms with Crippen LogP contribution in [0.2, 0.25) is 0 Å². The van der Waals surface area contributed by atoms with Crippen LogP contribution in [0.4, 0.5) is 11.4 Å². The fourth-order valence-electron chi connectivity index (χ4n) is 3.63. The molecule has 0 unspecified atom stereocenters. The van der Waals surface area contributed by atoms with Crippen LogP contribution in [0, 0.1) is 0 Å². The second-order valence-electron chi connectivity index (χ2n) is 6.88. The first-order chi connectivity index (χ1) is 13.2. The molecule has 1 N–H and O–H groups in total. The van der Waals surface area contributed by atoms with E-state index in [-0.39, 0.29) is 17.6 Å². The van der Waals surface area contributed by atoms with Crippen LogP contribution in [0.3, 0.4) is 0 Å². The van der Waals surface area contributed by atoms with Gasteiger partial charge in [0.25, 0.3) is 0 Å². The van der Waals surface area contributed by atoms with Crippen LogP contribution in [-0.2, 0) is 9.59 Å². The fraction of sp³-hybridized carbons (Fsp3) is 0.500. The summed E-state index contributed by atoms with van der Waals surface area (Å²) in [5.41, 5.74) is 1.59. The molecule has 0 bridgehead atoms. The second-order valence-corrected chi connectivity index (χ2v) is 7.82. The molecule has 2 amide bonds. The standard InChI is InChI=1S/C18H22N6O2S/c25-16(12-27-18-20-21-22-24(18)15-4-1-2-5-15)19-13-7-9-14(10-8-13)23-11-3-6-17(23)26/h7-10,15H,1-6,11-12H2,(H,19,25). The van der Waals surface area contributed by atoms with Gasteiger partial charge in [0, 0.05) is 24.3 Å². The molecule has 0 radical (unpaired) electrons. The molecule has 9 heteroatoms. The minimum atomic E-state index is -0.106. The first kappa shape index (κ1) is 18.0. The van der Waals surface area contributed by atoms with Gasteiger partial charge in [0.1, 0.15) is 0 Å². The number of hydrogen-bond acceptors (Lipinski definition) is 6. The number of rotatable bonds is 6. The van der Waals surface area contributed by atoms with Crippen LogP contribution >= 0.6 is 11.8 Å². The predicted molar refractivity (Wildman–Crippen MR) is 103 cm³/mol. The molecule has 0 spiro atoms. The van der Waals surface area contributed by atoms with Crippen LogP contribution in [0.5, 0.6) is 0 Å². The Morgan fingerprint density at radius 3 is 2.67 bits per heavy atom. The summed E-state index contributed by atoms with van der Waals surface area (Å²) in [6.07, 6.45) is 6.10. The monoisotopic (exact) mass is 386 g/mol. The van der Waals surface area contributed by atoms with Gasteiger partial charge in [-0.25, -0.2) is 4.68 Å². The number of tetrazole rings is 1. The highest BCUT2D eigenvalue weighted by Gasteiger charge is 2.23. The molecule has 2 aromatic rings. The number of carbonyl (C=O) groups excluding carboxylic acids is 2. The highest BCUT2D eigenvalue weighted by molar-refractivity contribution is 7.99. The highest BCUT2D eigenvalue weighted by atomic mass is 32.2. The van der Waals surface area contributed by atoms with E-state index in [1.165, 1.54) is 24.6 Å². The average Bonchev–Trinajstić information content (AvgIpc) is 3.42. The second kappa shape index (κ2) is 8.08. The normalized spacial score (nSPS) is 17.6. The molecule has 1 aromatic carbocycles. The summed E-state index contributed by atoms with van der Waals surface area (Å²) in [4.78, 5) is 25.8. The third kappa shape index (κ3) is 4.13. The summed E-state index contributed by atoms with van der Waals surface area (Å²) in [7, 11) is 0. The zero-order valence-corrected chi connectivity index (χ0v) is 15.8. The van der Waals surface area contributed by atoms with Crippen LogP contribution in [0.15, 0.2) is 29.4 Å². The van der Waals surface area contributed by atoms with E-state index in [0.29, 0.717) is 23.3 Å². The van der Waals surface area contributed by atoms with Crippen molar-refractivity contribution in [1.82, 2.24) is 20.2 Å². The van der Waals surface area contributed by atoms with Gasteiger partial charge in [0.05, 0.1) is 11.8 Å². The molecule has 1 aliphatic heterocycles. The average molecular weight is 386 g/mol. The molecule has 4 rings (SSSR count). The number of hydrogen-bond donors (Lipinski definition) is 1. The molecule has 27 heavy (non-hydrogen) atoms. The van der Waals surface area contributed by atoms with Gasteiger partial charge in [-0.1, -0.05) is 24.6 Å². The third-order valence-electron chi connectivity index (χ3n) is 5.00. The summed E-state index contributed by atoms with van der Waals surface area (Å²) >= 11 is 1.35. The van der Waals surface area contributed by atoms with Crippen molar-refractivity contribution in [2.45, 2.75) is 49.7 Å². The van der Waals surface area contributed by atoms with Gasteiger partial charge in [-0.2, -0.15) is 0 Å². The van der Waals surface area contributed by atoms with Crippen molar-refractivity contribution in [1.29, 1.82) is 0 Å². The van der Waals surface area contributed by atoms with Crippen LogP contribution in [0.1, 0.15) is 44.6 Å². The molecule has 0 atom stereocenters. The lowest BCUT2D eigenvalue weighted by molar-refractivity contribution is -0.117.